The number of halogens is 1. The Kier molecular flexibility index (Phi) is 4.95. The third kappa shape index (κ3) is 4.00. The number of nitrogens with zero attached hydrogens (tertiary/aromatic N) is 1. The van der Waals surface area contributed by atoms with Crippen LogP contribution in [0.3, 0.4) is 0 Å². The zero-order valence-corrected chi connectivity index (χ0v) is 9.91. The summed E-state index contributed by atoms with van der Waals surface area (Å²) in [4.78, 5) is 11.2. The van der Waals surface area contributed by atoms with Crippen molar-refractivity contribution in [3.63, 3.8) is 0 Å². The Morgan fingerprint density at radius 1 is 1.44 bits per heavy atom. The van der Waals surface area contributed by atoms with Gasteiger partial charge >= 0.3 is 0 Å². The fourth-order valence-electron chi connectivity index (χ4n) is 0.995. The van der Waals surface area contributed by atoms with Crippen molar-refractivity contribution in [3.8, 4) is 0 Å². The molecule has 0 saturated heterocycles. The highest BCUT2D eigenvalue weighted by Crippen LogP contribution is 2.08. The maximum atomic E-state index is 11.2. The number of benzene rings is 1. The Morgan fingerprint density at radius 3 is 2.62 bits per heavy atom. The molecule has 1 N–H and O–H groups in total. The summed E-state index contributed by atoms with van der Waals surface area (Å²) in [5, 5.41) is 3.62. The van der Waals surface area contributed by atoms with Crippen LogP contribution in [0.25, 0.3) is 0 Å². The second-order valence-corrected chi connectivity index (χ2v) is 3.59. The number of rotatable bonds is 5. The highest BCUT2D eigenvalue weighted by atomic mass is 35.5. The summed E-state index contributed by atoms with van der Waals surface area (Å²) in [6, 6.07) is 7.57. The SMILES string of the molecule is COCC(=O)/C(Cl)=N/Nc1ccc(C)cc1. The van der Waals surface area contributed by atoms with E-state index in [4.69, 9.17) is 11.6 Å². The molecule has 0 spiro atoms. The molecular formula is C11H13ClN2O2. The standard InChI is InChI=1S/C11H13ClN2O2/c1-8-3-5-9(6-4-8)13-14-11(12)10(15)7-16-2/h3-6,13H,7H2,1-2H3/b14-11-. The first-order chi connectivity index (χ1) is 7.63. The largest absolute Gasteiger partial charge is 0.376 e. The van der Waals surface area contributed by atoms with Crippen molar-refractivity contribution in [2.24, 2.45) is 5.10 Å². The molecule has 86 valence electrons. The summed E-state index contributed by atoms with van der Waals surface area (Å²) in [5.74, 6) is -0.358. The molecule has 0 saturated carbocycles. The first-order valence-electron chi connectivity index (χ1n) is 4.71. The molecule has 1 rings (SSSR count). The Hall–Kier alpha value is -1.39. The number of methoxy groups -OCH3 is 1. The summed E-state index contributed by atoms with van der Waals surface area (Å²) in [7, 11) is 1.43. The van der Waals surface area contributed by atoms with E-state index in [1.165, 1.54) is 7.11 Å². The van der Waals surface area contributed by atoms with Gasteiger partial charge in [-0.05, 0) is 19.1 Å². The van der Waals surface area contributed by atoms with Gasteiger partial charge in [0.1, 0.15) is 6.61 Å². The predicted octanol–water partition coefficient (Wildman–Crippen LogP) is 2.17. The molecule has 0 fully saturated rings. The Labute approximate surface area is 99.2 Å². The summed E-state index contributed by atoms with van der Waals surface area (Å²) in [5.41, 5.74) is 4.61. The number of hydrogen-bond acceptors (Lipinski definition) is 4. The molecule has 0 aromatic heterocycles. The average Bonchev–Trinajstić information content (AvgIpc) is 2.28. The molecule has 1 aromatic carbocycles. The van der Waals surface area contributed by atoms with Crippen molar-refractivity contribution in [2.75, 3.05) is 19.1 Å². The Morgan fingerprint density at radius 2 is 2.06 bits per heavy atom. The molecule has 0 bridgehead atoms. The first-order valence-corrected chi connectivity index (χ1v) is 5.09. The fraction of sp³-hybridized carbons (Fsp3) is 0.273. The van der Waals surface area contributed by atoms with E-state index in [1.54, 1.807) is 0 Å². The van der Waals surface area contributed by atoms with E-state index >= 15 is 0 Å². The van der Waals surface area contributed by atoms with Gasteiger partial charge in [0.2, 0.25) is 5.78 Å². The highest BCUT2D eigenvalue weighted by Gasteiger charge is 2.07. The van der Waals surface area contributed by atoms with Gasteiger partial charge in [0.15, 0.2) is 5.17 Å². The van der Waals surface area contributed by atoms with Gasteiger partial charge in [0.05, 0.1) is 5.69 Å². The predicted molar refractivity (Wildman–Crippen MR) is 65.0 cm³/mol. The third-order valence-electron chi connectivity index (χ3n) is 1.84. The number of ketones is 1. The van der Waals surface area contributed by atoms with E-state index in [0.29, 0.717) is 0 Å². The second kappa shape index (κ2) is 6.25. The zero-order valence-electron chi connectivity index (χ0n) is 9.16. The van der Waals surface area contributed by atoms with E-state index < -0.39 is 0 Å². The number of Topliss-reactive ketones (excluding diaryl/α,β-unsaturated/α-hetero) is 1. The van der Waals surface area contributed by atoms with Gasteiger partial charge in [0.25, 0.3) is 0 Å². The van der Waals surface area contributed by atoms with Gasteiger partial charge in [-0.25, -0.2) is 0 Å². The van der Waals surface area contributed by atoms with Crippen LogP contribution in [0.2, 0.25) is 0 Å². The summed E-state index contributed by atoms with van der Waals surface area (Å²) in [6.45, 7) is 1.92. The Balaban J connectivity index is 2.58. The second-order valence-electron chi connectivity index (χ2n) is 3.24. The number of hydrogen-bond donors (Lipinski definition) is 1. The molecule has 0 radical (unpaired) electrons. The van der Waals surface area contributed by atoms with Crippen LogP contribution in [0, 0.1) is 6.92 Å². The third-order valence-corrected chi connectivity index (χ3v) is 2.14. The van der Waals surface area contributed by atoms with Crippen LogP contribution < -0.4 is 5.43 Å². The highest BCUT2D eigenvalue weighted by molar-refractivity contribution is 6.83. The van der Waals surface area contributed by atoms with Gasteiger partial charge in [-0.15, -0.1) is 0 Å². The lowest BCUT2D eigenvalue weighted by atomic mass is 10.2. The molecule has 16 heavy (non-hydrogen) atoms. The van der Waals surface area contributed by atoms with E-state index in [1.807, 2.05) is 31.2 Å². The molecule has 0 amide bonds. The first kappa shape index (κ1) is 12.7. The average molecular weight is 241 g/mol. The maximum Gasteiger partial charge on any atom is 0.220 e. The van der Waals surface area contributed by atoms with Crippen molar-refractivity contribution in [1.82, 2.24) is 0 Å². The van der Waals surface area contributed by atoms with Crippen LogP contribution in [0.15, 0.2) is 29.4 Å². The minimum atomic E-state index is -0.358. The number of anilines is 1. The lowest BCUT2D eigenvalue weighted by Crippen LogP contribution is -2.15. The van der Waals surface area contributed by atoms with Crippen LogP contribution >= 0.6 is 11.6 Å². The molecule has 0 heterocycles. The smallest absolute Gasteiger partial charge is 0.220 e. The minimum Gasteiger partial charge on any atom is -0.376 e. The number of ether oxygens (including phenoxy) is 1. The molecule has 1 aromatic rings. The number of aryl methyl sites for hydroxylation is 1. The zero-order chi connectivity index (χ0) is 12.0. The van der Waals surface area contributed by atoms with Crippen molar-refractivity contribution in [1.29, 1.82) is 0 Å². The quantitative estimate of drug-likeness (QED) is 0.634. The van der Waals surface area contributed by atoms with Gasteiger partial charge in [-0.1, -0.05) is 29.3 Å². The normalized spacial score (nSPS) is 11.3. The number of carbonyl (C=O) groups excluding carboxylic acids is 1. The van der Waals surface area contributed by atoms with Gasteiger partial charge < -0.3 is 4.74 Å². The van der Waals surface area contributed by atoms with Crippen molar-refractivity contribution < 1.29 is 9.53 Å². The molecule has 0 aliphatic rings. The molecule has 5 heteroatoms. The van der Waals surface area contributed by atoms with E-state index in [-0.39, 0.29) is 17.6 Å². The van der Waals surface area contributed by atoms with Crippen LogP contribution in [-0.2, 0) is 9.53 Å². The van der Waals surface area contributed by atoms with E-state index in [9.17, 15) is 4.79 Å². The van der Waals surface area contributed by atoms with E-state index in [2.05, 4.69) is 15.3 Å². The lowest BCUT2D eigenvalue weighted by Gasteiger charge is -2.01. The van der Waals surface area contributed by atoms with Crippen LogP contribution in [0.4, 0.5) is 5.69 Å². The molecule has 4 nitrogen and oxygen atoms in total. The van der Waals surface area contributed by atoms with E-state index in [0.717, 1.165) is 11.3 Å². The fourth-order valence-corrected chi connectivity index (χ4v) is 1.09. The van der Waals surface area contributed by atoms with Crippen molar-refractivity contribution in [3.05, 3.63) is 29.8 Å². The topological polar surface area (TPSA) is 50.7 Å². The molecular weight excluding hydrogens is 228 g/mol. The summed E-state index contributed by atoms with van der Waals surface area (Å²) in [6.07, 6.45) is 0. The molecule has 0 unspecified atom stereocenters. The number of nitrogens with one attached hydrogen (secondary N) is 1. The molecule has 0 aliphatic heterocycles. The maximum absolute atomic E-state index is 11.2. The van der Waals surface area contributed by atoms with Gasteiger partial charge in [-0.3, -0.25) is 10.2 Å². The summed E-state index contributed by atoms with van der Waals surface area (Å²) < 4.78 is 4.65. The van der Waals surface area contributed by atoms with Crippen LogP contribution in [0.1, 0.15) is 5.56 Å². The molecule has 0 atom stereocenters. The van der Waals surface area contributed by atoms with Crippen molar-refractivity contribution in [2.45, 2.75) is 6.92 Å². The van der Waals surface area contributed by atoms with Crippen LogP contribution in [0.5, 0.6) is 0 Å². The molecule has 0 aliphatic carbocycles. The summed E-state index contributed by atoms with van der Waals surface area (Å²) >= 11 is 5.65. The Bertz CT molecular complexity index is 387. The number of hydrazone groups is 1. The number of carbonyl (C=O) groups is 1. The minimum absolute atomic E-state index is 0.0715. The van der Waals surface area contributed by atoms with Gasteiger partial charge in [-0.2, -0.15) is 5.10 Å². The monoisotopic (exact) mass is 240 g/mol. The lowest BCUT2D eigenvalue weighted by molar-refractivity contribution is -0.116. The van der Waals surface area contributed by atoms with Crippen LogP contribution in [-0.4, -0.2) is 24.7 Å². The van der Waals surface area contributed by atoms with Crippen molar-refractivity contribution >= 4 is 28.2 Å². The van der Waals surface area contributed by atoms with Gasteiger partial charge in [0, 0.05) is 7.11 Å².